The number of nitrogens with zero attached hydrogens (tertiary/aromatic N) is 1. The van der Waals surface area contributed by atoms with Crippen LogP contribution in [0, 0.1) is 11.8 Å². The van der Waals surface area contributed by atoms with Crippen molar-refractivity contribution in [2.75, 3.05) is 19.6 Å². The first kappa shape index (κ1) is 17.2. The van der Waals surface area contributed by atoms with Crippen LogP contribution in [0.1, 0.15) is 31.2 Å². The molecule has 1 aliphatic carbocycles. The summed E-state index contributed by atoms with van der Waals surface area (Å²) in [5.41, 5.74) is 0.857. The number of hydrogen-bond acceptors (Lipinski definition) is 3. The first-order valence-corrected chi connectivity index (χ1v) is 10.1. The minimum atomic E-state index is -3.43. The normalized spacial score (nSPS) is 20.3. The minimum absolute atomic E-state index is 0.0618. The Morgan fingerprint density at radius 3 is 2.42 bits per heavy atom. The molecule has 0 atom stereocenters. The second kappa shape index (κ2) is 7.49. The molecule has 0 radical (unpaired) electrons. The summed E-state index contributed by atoms with van der Waals surface area (Å²) in [6.07, 6.45) is 5.23. The SMILES string of the molecule is O=C(NCC1CC1)C1CCN(S(=O)(=O)/C=C/c2ccccc2)CC1. The van der Waals surface area contributed by atoms with E-state index in [4.69, 9.17) is 0 Å². The lowest BCUT2D eigenvalue weighted by molar-refractivity contribution is -0.126. The van der Waals surface area contributed by atoms with Crippen LogP contribution in [0.15, 0.2) is 35.7 Å². The van der Waals surface area contributed by atoms with Crippen LogP contribution in [0.2, 0.25) is 0 Å². The summed E-state index contributed by atoms with van der Waals surface area (Å²) in [5.74, 6) is 0.685. The van der Waals surface area contributed by atoms with Gasteiger partial charge in [-0.2, -0.15) is 4.31 Å². The maximum absolute atomic E-state index is 12.4. The van der Waals surface area contributed by atoms with Gasteiger partial charge in [0.2, 0.25) is 15.9 Å². The Balaban J connectivity index is 1.51. The lowest BCUT2D eigenvalue weighted by Gasteiger charge is -2.29. The number of piperidine rings is 1. The number of carbonyl (C=O) groups is 1. The van der Waals surface area contributed by atoms with Crippen molar-refractivity contribution < 1.29 is 13.2 Å². The van der Waals surface area contributed by atoms with Crippen molar-refractivity contribution in [2.45, 2.75) is 25.7 Å². The van der Waals surface area contributed by atoms with E-state index in [0.29, 0.717) is 31.8 Å². The third-order valence-corrected chi connectivity index (χ3v) is 6.24. The Kier molecular flexibility index (Phi) is 5.36. The first-order chi connectivity index (χ1) is 11.5. The summed E-state index contributed by atoms with van der Waals surface area (Å²) in [4.78, 5) is 12.1. The molecule has 1 heterocycles. The van der Waals surface area contributed by atoms with Crippen molar-refractivity contribution in [3.8, 4) is 0 Å². The quantitative estimate of drug-likeness (QED) is 0.857. The van der Waals surface area contributed by atoms with Crippen molar-refractivity contribution >= 4 is 22.0 Å². The van der Waals surface area contributed by atoms with Crippen LogP contribution in [0.3, 0.4) is 0 Å². The maximum Gasteiger partial charge on any atom is 0.236 e. The van der Waals surface area contributed by atoms with Crippen LogP contribution in [0.25, 0.3) is 6.08 Å². The maximum atomic E-state index is 12.4. The van der Waals surface area contributed by atoms with Crippen LogP contribution in [0.5, 0.6) is 0 Å². The molecule has 0 spiro atoms. The Labute approximate surface area is 143 Å². The zero-order chi connectivity index (χ0) is 17.0. The largest absolute Gasteiger partial charge is 0.356 e. The topological polar surface area (TPSA) is 66.5 Å². The van der Waals surface area contributed by atoms with Gasteiger partial charge in [0, 0.05) is 31.0 Å². The Bertz CT molecular complexity index is 688. The molecule has 6 heteroatoms. The van der Waals surface area contributed by atoms with Gasteiger partial charge in [-0.1, -0.05) is 30.3 Å². The van der Waals surface area contributed by atoms with Gasteiger partial charge in [-0.3, -0.25) is 4.79 Å². The molecule has 0 bridgehead atoms. The molecule has 1 saturated carbocycles. The van der Waals surface area contributed by atoms with Gasteiger partial charge in [-0.05, 0) is 43.2 Å². The predicted octanol–water partition coefficient (Wildman–Crippen LogP) is 2.23. The summed E-state index contributed by atoms with van der Waals surface area (Å²) in [7, 11) is -3.43. The molecule has 1 aliphatic heterocycles. The van der Waals surface area contributed by atoms with Crippen molar-refractivity contribution in [3.63, 3.8) is 0 Å². The molecule has 2 fully saturated rings. The Morgan fingerprint density at radius 2 is 1.79 bits per heavy atom. The van der Waals surface area contributed by atoms with Crippen molar-refractivity contribution in [1.82, 2.24) is 9.62 Å². The molecule has 1 aromatic rings. The standard InChI is InChI=1S/C18H24N2O3S/c21-18(19-14-16-6-7-16)17-8-11-20(12-9-17)24(22,23)13-10-15-4-2-1-3-5-15/h1-5,10,13,16-17H,6-9,11-12,14H2,(H,19,21)/b13-10+. The highest BCUT2D eigenvalue weighted by molar-refractivity contribution is 7.92. The average molecular weight is 348 g/mol. The summed E-state index contributed by atoms with van der Waals surface area (Å²) in [6.45, 7) is 1.59. The number of rotatable bonds is 6. The summed E-state index contributed by atoms with van der Waals surface area (Å²) in [5, 5.41) is 4.25. The zero-order valence-corrected chi connectivity index (χ0v) is 14.5. The Hall–Kier alpha value is -1.66. The van der Waals surface area contributed by atoms with Gasteiger partial charge in [-0.25, -0.2) is 8.42 Å². The molecule has 2 aliphatic rings. The van der Waals surface area contributed by atoms with Gasteiger partial charge in [-0.15, -0.1) is 0 Å². The highest BCUT2D eigenvalue weighted by Gasteiger charge is 2.30. The minimum Gasteiger partial charge on any atom is -0.356 e. The van der Waals surface area contributed by atoms with Gasteiger partial charge in [0.1, 0.15) is 0 Å². The zero-order valence-electron chi connectivity index (χ0n) is 13.7. The molecule has 1 N–H and O–H groups in total. The van der Waals surface area contributed by atoms with E-state index in [-0.39, 0.29) is 11.8 Å². The molecule has 24 heavy (non-hydrogen) atoms. The van der Waals surface area contributed by atoms with Gasteiger partial charge >= 0.3 is 0 Å². The third-order valence-electron chi connectivity index (χ3n) is 4.68. The van der Waals surface area contributed by atoms with E-state index in [1.165, 1.54) is 22.6 Å². The molecule has 130 valence electrons. The van der Waals surface area contributed by atoms with E-state index in [9.17, 15) is 13.2 Å². The van der Waals surface area contributed by atoms with Crippen LogP contribution >= 0.6 is 0 Å². The highest BCUT2D eigenvalue weighted by atomic mass is 32.2. The second-order valence-electron chi connectivity index (χ2n) is 6.62. The van der Waals surface area contributed by atoms with E-state index < -0.39 is 10.0 Å². The fourth-order valence-corrected chi connectivity index (χ4v) is 4.12. The number of sulfonamides is 1. The molecular weight excluding hydrogens is 324 g/mol. The molecular formula is C18H24N2O3S. The molecule has 0 unspecified atom stereocenters. The number of hydrogen-bond donors (Lipinski definition) is 1. The fraction of sp³-hybridized carbons (Fsp3) is 0.500. The number of nitrogens with one attached hydrogen (secondary N) is 1. The van der Waals surface area contributed by atoms with Crippen LogP contribution in [0.4, 0.5) is 0 Å². The monoisotopic (exact) mass is 348 g/mol. The molecule has 1 aromatic carbocycles. The molecule has 1 amide bonds. The van der Waals surface area contributed by atoms with Crippen LogP contribution in [-0.2, 0) is 14.8 Å². The number of amides is 1. The second-order valence-corrected chi connectivity index (χ2v) is 8.44. The van der Waals surface area contributed by atoms with Gasteiger partial charge < -0.3 is 5.32 Å². The van der Waals surface area contributed by atoms with Gasteiger partial charge in [0.15, 0.2) is 0 Å². The molecule has 3 rings (SSSR count). The third kappa shape index (κ3) is 4.68. The lowest BCUT2D eigenvalue weighted by atomic mass is 9.97. The van der Waals surface area contributed by atoms with Crippen molar-refractivity contribution in [2.24, 2.45) is 11.8 Å². The Morgan fingerprint density at radius 1 is 1.12 bits per heavy atom. The van der Waals surface area contributed by atoms with E-state index in [1.54, 1.807) is 6.08 Å². The van der Waals surface area contributed by atoms with Crippen molar-refractivity contribution in [3.05, 3.63) is 41.3 Å². The fourth-order valence-electron chi connectivity index (χ4n) is 2.90. The van der Waals surface area contributed by atoms with Crippen LogP contribution < -0.4 is 5.32 Å². The number of carbonyl (C=O) groups excluding carboxylic acids is 1. The molecule has 5 nitrogen and oxygen atoms in total. The van der Waals surface area contributed by atoms with Crippen LogP contribution in [-0.4, -0.2) is 38.3 Å². The molecule has 0 aromatic heterocycles. The summed E-state index contributed by atoms with van der Waals surface area (Å²) < 4.78 is 26.3. The highest BCUT2D eigenvalue weighted by Crippen LogP contribution is 2.28. The van der Waals surface area contributed by atoms with Gasteiger partial charge in [0.05, 0.1) is 0 Å². The van der Waals surface area contributed by atoms with E-state index in [2.05, 4.69) is 5.32 Å². The smallest absolute Gasteiger partial charge is 0.236 e. The lowest BCUT2D eigenvalue weighted by Crippen LogP contribution is -2.42. The molecule has 1 saturated heterocycles. The van der Waals surface area contributed by atoms with E-state index >= 15 is 0 Å². The van der Waals surface area contributed by atoms with Gasteiger partial charge in [0.25, 0.3) is 0 Å². The predicted molar refractivity (Wildman–Crippen MR) is 94.4 cm³/mol. The van der Waals surface area contributed by atoms with E-state index in [0.717, 1.165) is 12.1 Å². The summed E-state index contributed by atoms with van der Waals surface area (Å²) in [6, 6.07) is 9.37. The number of benzene rings is 1. The summed E-state index contributed by atoms with van der Waals surface area (Å²) >= 11 is 0. The average Bonchev–Trinajstić information content (AvgIpc) is 3.43. The first-order valence-electron chi connectivity index (χ1n) is 8.55. The van der Waals surface area contributed by atoms with Crippen molar-refractivity contribution in [1.29, 1.82) is 0 Å². The van der Waals surface area contributed by atoms with E-state index in [1.807, 2.05) is 30.3 Å².